The number of anilines is 1. The van der Waals surface area contributed by atoms with Crippen molar-refractivity contribution in [1.82, 2.24) is 15.1 Å². The molecule has 0 amide bonds. The Hall–Kier alpha value is -0.460. The van der Waals surface area contributed by atoms with E-state index >= 15 is 0 Å². The third kappa shape index (κ3) is 2.56. The molecule has 1 N–H and O–H groups in total. The van der Waals surface area contributed by atoms with Crippen LogP contribution in [0.2, 0.25) is 0 Å². The molecule has 0 aromatic carbocycles. The Kier molecular flexibility index (Phi) is 3.38. The lowest BCUT2D eigenvalue weighted by molar-refractivity contribution is 0.248. The van der Waals surface area contributed by atoms with Crippen molar-refractivity contribution in [3.63, 3.8) is 0 Å². The molecule has 0 bridgehead atoms. The van der Waals surface area contributed by atoms with Crippen molar-refractivity contribution in [2.45, 2.75) is 18.9 Å². The van der Waals surface area contributed by atoms with Gasteiger partial charge in [-0.2, -0.15) is 0 Å². The molecule has 2 rings (SSSR count). The normalized spacial score (nSPS) is 22.9. The summed E-state index contributed by atoms with van der Waals surface area (Å²) in [6, 6.07) is 0.567. The van der Waals surface area contributed by atoms with Crippen LogP contribution in [0.1, 0.15) is 12.8 Å². The van der Waals surface area contributed by atoms with Gasteiger partial charge in [0.05, 0.1) is 0 Å². The Morgan fingerprint density at radius 2 is 2.47 bits per heavy atom. The van der Waals surface area contributed by atoms with Crippen LogP contribution >= 0.6 is 23.6 Å². The quantitative estimate of drug-likeness (QED) is 0.804. The van der Waals surface area contributed by atoms with Gasteiger partial charge in [0, 0.05) is 19.6 Å². The van der Waals surface area contributed by atoms with E-state index in [1.807, 2.05) is 0 Å². The molecule has 1 aliphatic rings. The molecule has 1 unspecified atom stereocenters. The molecular formula is C9H16N4S2. The number of aromatic nitrogens is 2. The first kappa shape index (κ1) is 11.0. The van der Waals surface area contributed by atoms with Gasteiger partial charge in [-0.05, 0) is 38.7 Å². The summed E-state index contributed by atoms with van der Waals surface area (Å²) < 4.78 is 0.751. The van der Waals surface area contributed by atoms with Crippen molar-refractivity contribution in [3.05, 3.63) is 3.95 Å². The van der Waals surface area contributed by atoms with Gasteiger partial charge in [-0.15, -0.1) is 5.10 Å². The number of H-pyrrole nitrogens is 1. The summed E-state index contributed by atoms with van der Waals surface area (Å²) in [6.45, 7) is 2.32. The van der Waals surface area contributed by atoms with E-state index in [0.29, 0.717) is 6.04 Å². The fourth-order valence-electron chi connectivity index (χ4n) is 1.98. The summed E-state index contributed by atoms with van der Waals surface area (Å²) in [6.07, 6.45) is 2.51. The number of hydrogen-bond donors (Lipinski definition) is 1. The van der Waals surface area contributed by atoms with Crippen molar-refractivity contribution in [2.24, 2.45) is 0 Å². The molecular weight excluding hydrogens is 228 g/mol. The molecule has 2 heterocycles. The average molecular weight is 244 g/mol. The molecule has 0 saturated carbocycles. The van der Waals surface area contributed by atoms with Crippen LogP contribution in [0, 0.1) is 3.95 Å². The maximum absolute atomic E-state index is 5.04. The molecule has 1 aromatic rings. The van der Waals surface area contributed by atoms with Crippen molar-refractivity contribution >= 4 is 28.7 Å². The molecule has 0 radical (unpaired) electrons. The summed E-state index contributed by atoms with van der Waals surface area (Å²) in [5.41, 5.74) is 0. The Balaban J connectivity index is 2.06. The second-order valence-corrected chi connectivity index (χ2v) is 5.71. The van der Waals surface area contributed by atoms with E-state index in [2.05, 4.69) is 34.1 Å². The highest BCUT2D eigenvalue weighted by molar-refractivity contribution is 7.73. The van der Waals surface area contributed by atoms with E-state index in [1.54, 1.807) is 11.3 Å². The molecule has 0 spiro atoms. The predicted octanol–water partition coefficient (Wildman–Crippen LogP) is 1.73. The number of likely N-dealkylation sites (tertiary alicyclic amines) is 1. The zero-order chi connectivity index (χ0) is 10.8. The molecule has 0 aliphatic carbocycles. The lowest BCUT2D eigenvalue weighted by atomic mass is 10.1. The maximum Gasteiger partial charge on any atom is 0.206 e. The average Bonchev–Trinajstić information content (AvgIpc) is 2.64. The number of hydrogen-bond acceptors (Lipinski definition) is 5. The number of nitrogens with zero attached hydrogens (tertiary/aromatic N) is 3. The summed E-state index contributed by atoms with van der Waals surface area (Å²) in [7, 11) is 4.28. The van der Waals surface area contributed by atoms with Gasteiger partial charge in [0.25, 0.3) is 0 Å². The monoisotopic (exact) mass is 244 g/mol. The standard InChI is InChI=1S/C9H16N4S2/c1-12-5-3-4-7(6-12)13(2)8-10-11-9(14)15-8/h7H,3-6H2,1-2H3,(H,11,14). The van der Waals surface area contributed by atoms with Gasteiger partial charge < -0.3 is 9.80 Å². The van der Waals surface area contributed by atoms with Gasteiger partial charge in [0.1, 0.15) is 0 Å². The van der Waals surface area contributed by atoms with E-state index in [0.717, 1.165) is 15.6 Å². The molecule has 15 heavy (non-hydrogen) atoms. The van der Waals surface area contributed by atoms with Crippen LogP contribution in [-0.4, -0.2) is 48.3 Å². The third-order valence-corrected chi connectivity index (χ3v) is 4.06. The predicted molar refractivity (Wildman–Crippen MR) is 66.2 cm³/mol. The van der Waals surface area contributed by atoms with E-state index in [9.17, 15) is 0 Å². The number of piperidine rings is 1. The van der Waals surface area contributed by atoms with Crippen LogP contribution in [0.4, 0.5) is 5.13 Å². The second kappa shape index (κ2) is 4.59. The van der Waals surface area contributed by atoms with Gasteiger partial charge in [0.2, 0.25) is 5.13 Å². The van der Waals surface area contributed by atoms with Gasteiger partial charge in [-0.25, -0.2) is 0 Å². The topological polar surface area (TPSA) is 35.2 Å². The SMILES string of the molecule is CN1CCCC(N(C)c2n[nH]c(=S)s2)C1. The molecule has 1 saturated heterocycles. The Morgan fingerprint density at radius 3 is 3.07 bits per heavy atom. The molecule has 1 atom stereocenters. The van der Waals surface area contributed by atoms with E-state index in [-0.39, 0.29) is 0 Å². The first-order valence-corrected chi connectivity index (χ1v) is 6.36. The van der Waals surface area contributed by atoms with Crippen molar-refractivity contribution in [3.8, 4) is 0 Å². The maximum atomic E-state index is 5.04. The first-order valence-electron chi connectivity index (χ1n) is 5.13. The minimum Gasteiger partial charge on any atom is -0.345 e. The second-order valence-electron chi connectivity index (χ2n) is 4.06. The minimum atomic E-state index is 0.567. The van der Waals surface area contributed by atoms with E-state index < -0.39 is 0 Å². The molecule has 1 fully saturated rings. The van der Waals surface area contributed by atoms with Crippen LogP contribution < -0.4 is 4.90 Å². The molecule has 1 aromatic heterocycles. The van der Waals surface area contributed by atoms with Crippen molar-refractivity contribution in [1.29, 1.82) is 0 Å². The van der Waals surface area contributed by atoms with Crippen LogP contribution in [0.3, 0.4) is 0 Å². The number of likely N-dealkylation sites (N-methyl/N-ethyl adjacent to an activating group) is 2. The Morgan fingerprint density at radius 1 is 1.67 bits per heavy atom. The highest BCUT2D eigenvalue weighted by Gasteiger charge is 2.22. The van der Waals surface area contributed by atoms with Gasteiger partial charge >= 0.3 is 0 Å². The zero-order valence-electron chi connectivity index (χ0n) is 9.06. The van der Waals surface area contributed by atoms with Crippen LogP contribution in [0.15, 0.2) is 0 Å². The highest BCUT2D eigenvalue weighted by Crippen LogP contribution is 2.22. The lowest BCUT2D eigenvalue weighted by Crippen LogP contribution is -2.45. The third-order valence-electron chi connectivity index (χ3n) is 2.88. The summed E-state index contributed by atoms with van der Waals surface area (Å²) >= 11 is 6.59. The van der Waals surface area contributed by atoms with Crippen molar-refractivity contribution in [2.75, 3.05) is 32.1 Å². The van der Waals surface area contributed by atoms with Gasteiger partial charge in [-0.3, -0.25) is 5.10 Å². The Bertz CT molecular complexity index is 372. The van der Waals surface area contributed by atoms with E-state index in [1.165, 1.54) is 19.4 Å². The minimum absolute atomic E-state index is 0.567. The summed E-state index contributed by atoms with van der Waals surface area (Å²) in [5.74, 6) is 0. The largest absolute Gasteiger partial charge is 0.345 e. The smallest absolute Gasteiger partial charge is 0.206 e. The molecule has 84 valence electrons. The highest BCUT2D eigenvalue weighted by atomic mass is 32.1. The molecule has 1 aliphatic heterocycles. The first-order chi connectivity index (χ1) is 7.16. The molecule has 4 nitrogen and oxygen atoms in total. The number of aromatic amines is 1. The fourth-order valence-corrected chi connectivity index (χ4v) is 2.90. The summed E-state index contributed by atoms with van der Waals surface area (Å²) in [4.78, 5) is 4.61. The molecule has 6 heteroatoms. The lowest BCUT2D eigenvalue weighted by Gasteiger charge is -2.35. The van der Waals surface area contributed by atoms with E-state index in [4.69, 9.17) is 12.2 Å². The van der Waals surface area contributed by atoms with Crippen LogP contribution in [-0.2, 0) is 0 Å². The van der Waals surface area contributed by atoms with Gasteiger partial charge in [0.15, 0.2) is 3.95 Å². The Labute approximate surface area is 98.9 Å². The fraction of sp³-hybridized carbons (Fsp3) is 0.778. The van der Waals surface area contributed by atoms with Crippen molar-refractivity contribution < 1.29 is 0 Å². The zero-order valence-corrected chi connectivity index (χ0v) is 10.7. The summed E-state index contributed by atoms with van der Waals surface area (Å²) in [5, 5.41) is 8.04. The number of rotatable bonds is 2. The number of nitrogens with one attached hydrogen (secondary N) is 1. The van der Waals surface area contributed by atoms with Crippen LogP contribution in [0.5, 0.6) is 0 Å². The van der Waals surface area contributed by atoms with Crippen LogP contribution in [0.25, 0.3) is 0 Å². The van der Waals surface area contributed by atoms with Gasteiger partial charge in [-0.1, -0.05) is 11.3 Å².